The van der Waals surface area contributed by atoms with Gasteiger partial charge in [0.1, 0.15) is 11.5 Å². The highest BCUT2D eigenvalue weighted by atomic mass is 16.5. The van der Waals surface area contributed by atoms with Crippen molar-refractivity contribution in [2.24, 2.45) is 0 Å². The summed E-state index contributed by atoms with van der Waals surface area (Å²) < 4.78 is 13.0. The van der Waals surface area contributed by atoms with E-state index < -0.39 is 0 Å². The van der Waals surface area contributed by atoms with E-state index in [9.17, 15) is 4.79 Å². The number of fused-ring (bicyclic) bond motifs is 3. The third kappa shape index (κ3) is 4.23. The average molecular weight is 468 g/mol. The Morgan fingerprint density at radius 1 is 0.971 bits per heavy atom. The zero-order valence-corrected chi connectivity index (χ0v) is 20.2. The molecular formula is C29H29N3O3. The van der Waals surface area contributed by atoms with Gasteiger partial charge < -0.3 is 24.3 Å². The Balaban J connectivity index is 1.60. The molecule has 1 aliphatic rings. The predicted molar refractivity (Wildman–Crippen MR) is 138 cm³/mol. The van der Waals surface area contributed by atoms with Crippen LogP contribution in [0.5, 0.6) is 11.5 Å². The summed E-state index contributed by atoms with van der Waals surface area (Å²) in [5.41, 5.74) is 6.11. The van der Waals surface area contributed by atoms with Gasteiger partial charge in [0.15, 0.2) is 0 Å². The van der Waals surface area contributed by atoms with Gasteiger partial charge in [-0.2, -0.15) is 0 Å². The van der Waals surface area contributed by atoms with Crippen molar-refractivity contribution in [3.8, 4) is 17.2 Å². The number of amides is 2. The Labute approximate surface area is 205 Å². The molecule has 6 heteroatoms. The monoisotopic (exact) mass is 467 g/mol. The molecule has 6 nitrogen and oxygen atoms in total. The van der Waals surface area contributed by atoms with Gasteiger partial charge in [0, 0.05) is 18.0 Å². The van der Waals surface area contributed by atoms with E-state index in [0.29, 0.717) is 23.7 Å². The minimum absolute atomic E-state index is 0.206. The molecule has 3 aromatic carbocycles. The number of carbonyl (C=O) groups is 1. The maximum atomic E-state index is 13.9. The number of ether oxygens (including phenoxy) is 2. The summed E-state index contributed by atoms with van der Waals surface area (Å²) in [5, 5.41) is 3.08. The molecule has 0 saturated carbocycles. The van der Waals surface area contributed by atoms with E-state index >= 15 is 0 Å². The van der Waals surface area contributed by atoms with Crippen molar-refractivity contribution in [1.29, 1.82) is 0 Å². The van der Waals surface area contributed by atoms with E-state index in [2.05, 4.69) is 65.5 Å². The van der Waals surface area contributed by atoms with Gasteiger partial charge in [0.2, 0.25) is 0 Å². The maximum Gasteiger partial charge on any atom is 0.323 e. The number of nitrogens with one attached hydrogen (secondary N) is 1. The highest BCUT2D eigenvalue weighted by Crippen LogP contribution is 2.38. The number of urea groups is 1. The number of para-hydroxylation sites is 1. The number of hydrogen-bond donors (Lipinski definition) is 1. The lowest BCUT2D eigenvalue weighted by molar-refractivity contribution is 0.194. The average Bonchev–Trinajstić information content (AvgIpc) is 3.33. The molecule has 0 spiro atoms. The lowest BCUT2D eigenvalue weighted by Gasteiger charge is -2.31. The van der Waals surface area contributed by atoms with E-state index in [1.807, 2.05) is 29.2 Å². The van der Waals surface area contributed by atoms with Crippen LogP contribution in [-0.4, -0.2) is 29.7 Å². The normalized spacial score (nSPS) is 14.5. The summed E-state index contributed by atoms with van der Waals surface area (Å²) in [6, 6.07) is 25.8. The number of hydrogen-bond acceptors (Lipinski definition) is 3. The molecule has 35 heavy (non-hydrogen) atoms. The zero-order chi connectivity index (χ0) is 24.4. The van der Waals surface area contributed by atoms with Gasteiger partial charge in [0.25, 0.3) is 0 Å². The van der Waals surface area contributed by atoms with Crippen molar-refractivity contribution < 1.29 is 14.3 Å². The fourth-order valence-corrected chi connectivity index (χ4v) is 4.71. The van der Waals surface area contributed by atoms with E-state index in [-0.39, 0.29) is 12.1 Å². The van der Waals surface area contributed by atoms with Crippen molar-refractivity contribution in [1.82, 2.24) is 9.47 Å². The van der Waals surface area contributed by atoms with Gasteiger partial charge in [-0.3, -0.25) is 0 Å². The van der Waals surface area contributed by atoms with Gasteiger partial charge in [-0.25, -0.2) is 4.79 Å². The molecule has 1 atom stereocenters. The van der Waals surface area contributed by atoms with Crippen LogP contribution in [0.2, 0.25) is 0 Å². The quantitative estimate of drug-likeness (QED) is 0.381. The van der Waals surface area contributed by atoms with E-state index in [0.717, 1.165) is 28.9 Å². The minimum Gasteiger partial charge on any atom is -0.497 e. The first kappa shape index (κ1) is 22.6. The number of benzene rings is 3. The lowest BCUT2D eigenvalue weighted by atomic mass is 10.00. The van der Waals surface area contributed by atoms with Crippen LogP contribution >= 0.6 is 0 Å². The Morgan fingerprint density at radius 2 is 1.77 bits per heavy atom. The minimum atomic E-state index is -0.271. The molecule has 0 fully saturated rings. The molecule has 0 saturated heterocycles. The number of rotatable bonds is 5. The maximum absolute atomic E-state index is 13.9. The van der Waals surface area contributed by atoms with Crippen molar-refractivity contribution in [3.05, 3.63) is 107 Å². The summed E-state index contributed by atoms with van der Waals surface area (Å²) >= 11 is 0. The summed E-state index contributed by atoms with van der Waals surface area (Å²) in [6.45, 7) is 2.60. The molecule has 1 aliphatic heterocycles. The van der Waals surface area contributed by atoms with Gasteiger partial charge in [-0.05, 0) is 53.4 Å². The van der Waals surface area contributed by atoms with Crippen LogP contribution in [0.25, 0.3) is 5.69 Å². The fraction of sp³-hybridized carbons (Fsp3) is 0.207. The molecular weight excluding hydrogens is 438 g/mol. The first-order chi connectivity index (χ1) is 17.1. The highest BCUT2D eigenvalue weighted by molar-refractivity contribution is 5.92. The SMILES string of the molecule is CCc1ccc([C@@H]2c3cccn3-c3ccccc3CN2C(=O)Nc2ccc(OC)cc2OC)cc1. The molecule has 0 aliphatic carbocycles. The van der Waals surface area contributed by atoms with Crippen LogP contribution in [0.4, 0.5) is 10.5 Å². The van der Waals surface area contributed by atoms with E-state index in [4.69, 9.17) is 9.47 Å². The van der Waals surface area contributed by atoms with E-state index in [1.165, 1.54) is 5.56 Å². The molecule has 0 radical (unpaired) electrons. The second kappa shape index (κ2) is 9.58. The van der Waals surface area contributed by atoms with Crippen LogP contribution in [0.15, 0.2) is 85.1 Å². The Hall–Kier alpha value is -4.19. The third-order valence-electron chi connectivity index (χ3n) is 6.58. The van der Waals surface area contributed by atoms with Gasteiger partial charge in [0.05, 0.1) is 38.2 Å². The van der Waals surface area contributed by atoms with Crippen molar-refractivity contribution in [2.75, 3.05) is 19.5 Å². The second-order valence-corrected chi connectivity index (χ2v) is 8.55. The summed E-state index contributed by atoms with van der Waals surface area (Å²) in [5.74, 6) is 1.20. The molecule has 0 unspecified atom stereocenters. The largest absolute Gasteiger partial charge is 0.497 e. The molecule has 1 aromatic heterocycles. The van der Waals surface area contributed by atoms with Crippen LogP contribution in [0, 0.1) is 0 Å². The molecule has 2 heterocycles. The van der Waals surface area contributed by atoms with Crippen LogP contribution in [0.1, 0.15) is 35.3 Å². The Bertz CT molecular complexity index is 1340. The topological polar surface area (TPSA) is 55.7 Å². The third-order valence-corrected chi connectivity index (χ3v) is 6.58. The second-order valence-electron chi connectivity index (χ2n) is 8.55. The van der Waals surface area contributed by atoms with Crippen LogP contribution in [-0.2, 0) is 13.0 Å². The van der Waals surface area contributed by atoms with Crippen LogP contribution in [0.3, 0.4) is 0 Å². The first-order valence-electron chi connectivity index (χ1n) is 11.8. The number of aromatic nitrogens is 1. The smallest absolute Gasteiger partial charge is 0.323 e. The summed E-state index contributed by atoms with van der Waals surface area (Å²) in [6.07, 6.45) is 3.03. The molecule has 4 aromatic rings. The molecule has 2 amide bonds. The number of carbonyl (C=O) groups excluding carboxylic acids is 1. The number of methoxy groups -OCH3 is 2. The van der Waals surface area contributed by atoms with Crippen LogP contribution < -0.4 is 14.8 Å². The number of anilines is 1. The fourth-order valence-electron chi connectivity index (χ4n) is 4.71. The Morgan fingerprint density at radius 3 is 2.51 bits per heavy atom. The molecule has 0 bridgehead atoms. The van der Waals surface area contributed by atoms with Gasteiger partial charge >= 0.3 is 6.03 Å². The van der Waals surface area contributed by atoms with Gasteiger partial charge in [-0.1, -0.05) is 49.4 Å². The lowest BCUT2D eigenvalue weighted by Crippen LogP contribution is -2.38. The van der Waals surface area contributed by atoms with Crippen molar-refractivity contribution in [2.45, 2.75) is 25.9 Å². The van der Waals surface area contributed by atoms with Crippen molar-refractivity contribution in [3.63, 3.8) is 0 Å². The first-order valence-corrected chi connectivity index (χ1v) is 11.8. The van der Waals surface area contributed by atoms with Crippen molar-refractivity contribution >= 4 is 11.7 Å². The zero-order valence-electron chi connectivity index (χ0n) is 20.2. The molecule has 178 valence electrons. The molecule has 1 N–H and O–H groups in total. The summed E-state index contributed by atoms with van der Waals surface area (Å²) in [4.78, 5) is 15.8. The van der Waals surface area contributed by atoms with E-state index in [1.54, 1.807) is 26.4 Å². The number of nitrogens with zero attached hydrogens (tertiary/aromatic N) is 2. The highest BCUT2D eigenvalue weighted by Gasteiger charge is 2.33. The Kier molecular flexibility index (Phi) is 6.19. The predicted octanol–water partition coefficient (Wildman–Crippen LogP) is 6.19. The summed E-state index contributed by atoms with van der Waals surface area (Å²) in [7, 11) is 3.18. The van der Waals surface area contributed by atoms with Gasteiger partial charge in [-0.15, -0.1) is 0 Å². The standard InChI is InChI=1S/C29H29N3O3/c1-4-20-11-13-21(14-12-20)28-26-10-7-17-31(26)25-9-6-5-8-22(25)19-32(28)29(33)30-24-16-15-23(34-2)18-27(24)35-3/h5-18,28H,4,19H2,1-3H3,(H,30,33)/t28-/m1/s1. The molecule has 5 rings (SSSR count). The number of aryl methyl sites for hydroxylation is 1.